The molecule has 0 spiro atoms. The predicted octanol–water partition coefficient (Wildman–Crippen LogP) is 4.25. The number of carbonyl (C=O) groups is 1. The molecule has 1 N–H and O–H groups in total. The molecule has 0 saturated carbocycles. The number of carbonyl (C=O) groups excluding carboxylic acids is 1. The van der Waals surface area contributed by atoms with E-state index in [1.807, 2.05) is 11.8 Å². The van der Waals surface area contributed by atoms with E-state index in [0.29, 0.717) is 16.8 Å². The van der Waals surface area contributed by atoms with Crippen LogP contribution in [-0.2, 0) is 12.2 Å². The quantitative estimate of drug-likeness (QED) is 0.801. The first kappa shape index (κ1) is 17.3. The van der Waals surface area contributed by atoms with E-state index in [4.69, 9.17) is 4.42 Å². The second kappa shape index (κ2) is 8.02. The standard InChI is InChI=1S/C16H22N4O2S2/c1-3-12-8-17-13(22-12)10-23-14-9-18-15(24-14)19-16(21)20-6-4-11(2)5-7-20/h8-9,11H,3-7,10H2,1-2H3,(H,18,19,21). The Balaban J connectivity index is 1.49. The molecule has 0 aromatic carbocycles. The van der Waals surface area contributed by atoms with Crippen molar-refractivity contribution < 1.29 is 9.21 Å². The van der Waals surface area contributed by atoms with Crippen LogP contribution in [0.4, 0.5) is 9.93 Å². The van der Waals surface area contributed by atoms with Crippen LogP contribution in [0.5, 0.6) is 0 Å². The third-order valence-corrected chi connectivity index (χ3v) is 6.15. The Morgan fingerprint density at radius 3 is 2.92 bits per heavy atom. The third kappa shape index (κ3) is 4.51. The van der Waals surface area contributed by atoms with E-state index in [0.717, 1.165) is 48.2 Å². The number of oxazole rings is 1. The average Bonchev–Trinajstić information content (AvgIpc) is 3.22. The first-order chi connectivity index (χ1) is 11.6. The zero-order valence-corrected chi connectivity index (χ0v) is 15.6. The van der Waals surface area contributed by atoms with Gasteiger partial charge in [0.2, 0.25) is 5.89 Å². The van der Waals surface area contributed by atoms with E-state index in [1.54, 1.807) is 24.2 Å². The van der Waals surface area contributed by atoms with Gasteiger partial charge in [0.05, 0.1) is 22.4 Å². The molecule has 8 heteroatoms. The summed E-state index contributed by atoms with van der Waals surface area (Å²) < 4.78 is 6.63. The van der Waals surface area contributed by atoms with Gasteiger partial charge in [-0.25, -0.2) is 14.8 Å². The Labute approximate surface area is 150 Å². The van der Waals surface area contributed by atoms with Gasteiger partial charge >= 0.3 is 6.03 Å². The zero-order chi connectivity index (χ0) is 16.9. The smallest absolute Gasteiger partial charge is 0.323 e. The monoisotopic (exact) mass is 366 g/mol. The molecular weight excluding hydrogens is 344 g/mol. The summed E-state index contributed by atoms with van der Waals surface area (Å²) >= 11 is 3.10. The number of anilines is 1. The Hall–Kier alpha value is -1.54. The Morgan fingerprint density at radius 1 is 1.42 bits per heavy atom. The molecule has 0 aliphatic carbocycles. The highest BCUT2D eigenvalue weighted by atomic mass is 32.2. The largest absolute Gasteiger partial charge is 0.445 e. The number of piperidine rings is 1. The number of hydrogen-bond acceptors (Lipinski definition) is 6. The lowest BCUT2D eigenvalue weighted by atomic mass is 10.00. The van der Waals surface area contributed by atoms with Crippen LogP contribution in [0.3, 0.4) is 0 Å². The topological polar surface area (TPSA) is 71.3 Å². The number of likely N-dealkylation sites (tertiary alicyclic amines) is 1. The Morgan fingerprint density at radius 2 is 2.21 bits per heavy atom. The molecule has 24 heavy (non-hydrogen) atoms. The van der Waals surface area contributed by atoms with Crippen molar-refractivity contribution in [2.75, 3.05) is 18.4 Å². The van der Waals surface area contributed by atoms with Crippen LogP contribution in [0, 0.1) is 5.92 Å². The van der Waals surface area contributed by atoms with Crippen molar-refractivity contribution >= 4 is 34.3 Å². The molecule has 2 aromatic heterocycles. The van der Waals surface area contributed by atoms with E-state index >= 15 is 0 Å². The van der Waals surface area contributed by atoms with E-state index < -0.39 is 0 Å². The minimum atomic E-state index is -0.0481. The normalized spacial score (nSPS) is 15.7. The fraction of sp³-hybridized carbons (Fsp3) is 0.562. The second-order valence-electron chi connectivity index (χ2n) is 5.95. The van der Waals surface area contributed by atoms with Gasteiger partial charge in [-0.05, 0) is 18.8 Å². The Kier molecular flexibility index (Phi) is 5.78. The second-order valence-corrected chi connectivity index (χ2v) is 8.25. The SMILES string of the molecule is CCc1cnc(CSc2cnc(NC(=O)N3CCC(C)CC3)s2)o1. The van der Waals surface area contributed by atoms with Crippen LogP contribution in [0.1, 0.15) is 38.3 Å². The van der Waals surface area contributed by atoms with E-state index in [1.165, 1.54) is 11.3 Å². The number of thiazole rings is 1. The maximum Gasteiger partial charge on any atom is 0.323 e. The average molecular weight is 367 g/mol. The molecule has 1 aliphatic heterocycles. The molecule has 1 fully saturated rings. The highest BCUT2D eigenvalue weighted by molar-refractivity contribution is 8.00. The molecule has 0 atom stereocenters. The molecule has 0 unspecified atom stereocenters. The van der Waals surface area contributed by atoms with Crippen LogP contribution < -0.4 is 5.32 Å². The molecule has 2 aromatic rings. The summed E-state index contributed by atoms with van der Waals surface area (Å²) in [5, 5.41) is 3.54. The van der Waals surface area contributed by atoms with Gasteiger partial charge in [-0.2, -0.15) is 0 Å². The van der Waals surface area contributed by atoms with E-state index in [-0.39, 0.29) is 6.03 Å². The first-order valence-corrected chi connectivity index (χ1v) is 10.0. The summed E-state index contributed by atoms with van der Waals surface area (Å²) in [6.45, 7) is 5.92. The Bertz CT molecular complexity index is 677. The fourth-order valence-corrected chi connectivity index (χ4v) is 4.19. The summed E-state index contributed by atoms with van der Waals surface area (Å²) in [7, 11) is 0. The summed E-state index contributed by atoms with van der Waals surface area (Å²) in [5.74, 6) is 3.00. The molecule has 6 nitrogen and oxygen atoms in total. The maximum atomic E-state index is 12.2. The van der Waals surface area contributed by atoms with E-state index in [2.05, 4.69) is 22.2 Å². The van der Waals surface area contributed by atoms with Crippen molar-refractivity contribution in [1.82, 2.24) is 14.9 Å². The molecular formula is C16H22N4O2S2. The highest BCUT2D eigenvalue weighted by Crippen LogP contribution is 2.31. The molecule has 3 heterocycles. The summed E-state index contributed by atoms with van der Waals surface area (Å²) in [6.07, 6.45) is 6.55. The van der Waals surface area contributed by atoms with Crippen molar-refractivity contribution in [3.63, 3.8) is 0 Å². The lowest BCUT2D eigenvalue weighted by molar-refractivity contribution is 0.186. The van der Waals surface area contributed by atoms with Gasteiger partial charge in [0.1, 0.15) is 5.76 Å². The van der Waals surface area contributed by atoms with Crippen LogP contribution in [0.15, 0.2) is 21.0 Å². The van der Waals surface area contributed by atoms with Gasteiger partial charge in [-0.3, -0.25) is 5.32 Å². The van der Waals surface area contributed by atoms with Crippen molar-refractivity contribution in [2.45, 2.75) is 43.1 Å². The van der Waals surface area contributed by atoms with Gasteiger partial charge in [0.25, 0.3) is 0 Å². The van der Waals surface area contributed by atoms with Crippen molar-refractivity contribution in [2.24, 2.45) is 5.92 Å². The van der Waals surface area contributed by atoms with Gasteiger partial charge in [-0.1, -0.05) is 25.2 Å². The number of aromatic nitrogens is 2. The summed E-state index contributed by atoms with van der Waals surface area (Å²) in [4.78, 5) is 22.6. The summed E-state index contributed by atoms with van der Waals surface area (Å²) in [5.41, 5.74) is 0. The van der Waals surface area contributed by atoms with Gasteiger partial charge in [-0.15, -0.1) is 11.8 Å². The molecule has 1 aliphatic rings. The van der Waals surface area contributed by atoms with Crippen LogP contribution in [0.25, 0.3) is 0 Å². The number of rotatable bonds is 5. The zero-order valence-electron chi connectivity index (χ0n) is 13.9. The minimum Gasteiger partial charge on any atom is -0.445 e. The minimum absolute atomic E-state index is 0.0481. The molecule has 3 rings (SSSR count). The molecule has 130 valence electrons. The van der Waals surface area contributed by atoms with Crippen LogP contribution in [0.2, 0.25) is 0 Å². The first-order valence-electron chi connectivity index (χ1n) is 8.22. The number of amides is 2. The number of urea groups is 1. The van der Waals surface area contributed by atoms with Gasteiger partial charge in [0.15, 0.2) is 5.13 Å². The van der Waals surface area contributed by atoms with Gasteiger partial charge in [0, 0.05) is 19.5 Å². The number of aryl methyl sites for hydroxylation is 1. The lowest BCUT2D eigenvalue weighted by Gasteiger charge is -2.29. The molecule has 0 radical (unpaired) electrons. The molecule has 1 saturated heterocycles. The van der Waals surface area contributed by atoms with Crippen LogP contribution in [-0.4, -0.2) is 34.0 Å². The number of nitrogens with one attached hydrogen (secondary N) is 1. The number of thioether (sulfide) groups is 1. The number of nitrogens with zero attached hydrogens (tertiary/aromatic N) is 3. The van der Waals surface area contributed by atoms with Gasteiger partial charge < -0.3 is 9.32 Å². The lowest BCUT2D eigenvalue weighted by Crippen LogP contribution is -2.40. The maximum absolute atomic E-state index is 12.2. The van der Waals surface area contributed by atoms with E-state index in [9.17, 15) is 4.79 Å². The predicted molar refractivity (Wildman–Crippen MR) is 96.5 cm³/mol. The van der Waals surface area contributed by atoms with Crippen molar-refractivity contribution in [3.05, 3.63) is 24.0 Å². The fourth-order valence-electron chi connectivity index (χ4n) is 2.48. The van der Waals surface area contributed by atoms with Crippen LogP contribution >= 0.6 is 23.1 Å². The highest BCUT2D eigenvalue weighted by Gasteiger charge is 2.21. The van der Waals surface area contributed by atoms with Crippen molar-refractivity contribution in [1.29, 1.82) is 0 Å². The molecule has 0 bridgehead atoms. The molecule has 2 amide bonds. The number of hydrogen-bond donors (Lipinski definition) is 1. The summed E-state index contributed by atoms with van der Waals surface area (Å²) in [6, 6.07) is -0.0481. The third-order valence-electron chi connectivity index (χ3n) is 4.06. The van der Waals surface area contributed by atoms with Crippen molar-refractivity contribution in [3.8, 4) is 0 Å².